The molecule has 0 atom stereocenters. The molecule has 92 valence electrons. The molecule has 0 bridgehead atoms. The number of carbonyl (C=O) groups is 1. The standard InChI is InChI=1S/C13H18N2O2/c1-9-6-11-12(7-10(9)2)15(8-13(16)17)5-3-4-14-11/h6-7,14H,3-5,8H2,1-2H3,(H,16,17). The van der Waals surface area contributed by atoms with Gasteiger partial charge in [-0.25, -0.2) is 0 Å². The van der Waals surface area contributed by atoms with E-state index in [-0.39, 0.29) is 6.54 Å². The van der Waals surface area contributed by atoms with Crippen LogP contribution in [0.4, 0.5) is 11.4 Å². The first kappa shape index (κ1) is 11.8. The second-order valence-corrected chi connectivity index (χ2v) is 4.55. The fraction of sp³-hybridized carbons (Fsp3) is 0.462. The quantitative estimate of drug-likeness (QED) is 0.822. The van der Waals surface area contributed by atoms with Crippen molar-refractivity contribution in [1.82, 2.24) is 0 Å². The van der Waals surface area contributed by atoms with Crippen LogP contribution in [0, 0.1) is 13.8 Å². The van der Waals surface area contributed by atoms with Gasteiger partial charge >= 0.3 is 5.97 Å². The van der Waals surface area contributed by atoms with Crippen LogP contribution in [0.25, 0.3) is 0 Å². The van der Waals surface area contributed by atoms with Crippen molar-refractivity contribution in [2.75, 3.05) is 29.9 Å². The zero-order valence-electron chi connectivity index (χ0n) is 10.3. The lowest BCUT2D eigenvalue weighted by Crippen LogP contribution is -2.30. The van der Waals surface area contributed by atoms with Gasteiger partial charge in [-0.2, -0.15) is 0 Å². The third kappa shape index (κ3) is 2.52. The van der Waals surface area contributed by atoms with Crippen molar-refractivity contribution in [3.63, 3.8) is 0 Å². The Morgan fingerprint density at radius 1 is 1.41 bits per heavy atom. The molecule has 4 nitrogen and oxygen atoms in total. The maximum absolute atomic E-state index is 10.9. The van der Waals surface area contributed by atoms with E-state index < -0.39 is 5.97 Å². The van der Waals surface area contributed by atoms with Gasteiger partial charge in [-0.1, -0.05) is 0 Å². The molecule has 1 aromatic carbocycles. The van der Waals surface area contributed by atoms with Crippen LogP contribution in [0.15, 0.2) is 12.1 Å². The van der Waals surface area contributed by atoms with Crippen molar-refractivity contribution < 1.29 is 9.90 Å². The molecule has 0 radical (unpaired) electrons. The van der Waals surface area contributed by atoms with Crippen molar-refractivity contribution in [3.8, 4) is 0 Å². The minimum atomic E-state index is -0.781. The van der Waals surface area contributed by atoms with Gasteiger partial charge in [0.2, 0.25) is 0 Å². The normalized spacial score (nSPS) is 14.8. The highest BCUT2D eigenvalue weighted by atomic mass is 16.4. The maximum atomic E-state index is 10.9. The van der Waals surface area contributed by atoms with Crippen LogP contribution in [-0.2, 0) is 4.79 Å². The second kappa shape index (κ2) is 4.65. The second-order valence-electron chi connectivity index (χ2n) is 4.55. The van der Waals surface area contributed by atoms with Crippen molar-refractivity contribution in [1.29, 1.82) is 0 Å². The summed E-state index contributed by atoms with van der Waals surface area (Å²) >= 11 is 0. The van der Waals surface area contributed by atoms with Crippen LogP contribution in [-0.4, -0.2) is 30.7 Å². The summed E-state index contributed by atoms with van der Waals surface area (Å²) in [6.45, 7) is 5.88. The summed E-state index contributed by atoms with van der Waals surface area (Å²) in [5.41, 5.74) is 4.48. The number of benzene rings is 1. The molecule has 17 heavy (non-hydrogen) atoms. The Morgan fingerprint density at radius 3 is 2.82 bits per heavy atom. The van der Waals surface area contributed by atoms with E-state index in [1.165, 1.54) is 11.1 Å². The number of aliphatic carboxylic acids is 1. The maximum Gasteiger partial charge on any atom is 0.323 e. The number of nitrogens with one attached hydrogen (secondary N) is 1. The number of hydrogen-bond acceptors (Lipinski definition) is 3. The number of carboxylic acids is 1. The summed E-state index contributed by atoms with van der Waals surface area (Å²) in [6.07, 6.45) is 0.958. The molecule has 1 heterocycles. The average Bonchev–Trinajstić information content (AvgIpc) is 2.42. The summed E-state index contributed by atoms with van der Waals surface area (Å²) < 4.78 is 0. The van der Waals surface area contributed by atoms with Crippen LogP contribution < -0.4 is 10.2 Å². The molecule has 0 unspecified atom stereocenters. The number of fused-ring (bicyclic) bond motifs is 1. The largest absolute Gasteiger partial charge is 0.480 e. The first-order valence-corrected chi connectivity index (χ1v) is 5.90. The van der Waals surface area contributed by atoms with E-state index in [0.717, 1.165) is 30.9 Å². The van der Waals surface area contributed by atoms with Gasteiger partial charge in [-0.05, 0) is 43.5 Å². The molecule has 0 saturated heterocycles. The molecular weight excluding hydrogens is 216 g/mol. The molecule has 0 aliphatic carbocycles. The zero-order valence-corrected chi connectivity index (χ0v) is 10.3. The molecule has 0 fully saturated rings. The van der Waals surface area contributed by atoms with Crippen molar-refractivity contribution >= 4 is 17.3 Å². The number of anilines is 2. The summed E-state index contributed by atoms with van der Waals surface area (Å²) in [5, 5.41) is 12.3. The Bertz CT molecular complexity index is 443. The van der Waals surface area contributed by atoms with Gasteiger partial charge in [0.05, 0.1) is 11.4 Å². The molecule has 1 aliphatic rings. The monoisotopic (exact) mass is 234 g/mol. The predicted octanol–water partition coefficient (Wildman–Crippen LogP) is 2.01. The molecule has 1 aromatic rings. The number of rotatable bonds is 2. The van der Waals surface area contributed by atoms with Gasteiger partial charge in [0.25, 0.3) is 0 Å². The number of nitrogens with zero attached hydrogens (tertiary/aromatic N) is 1. The highest BCUT2D eigenvalue weighted by molar-refractivity contribution is 5.79. The SMILES string of the molecule is Cc1cc2c(cc1C)N(CC(=O)O)CCCN2. The topological polar surface area (TPSA) is 52.6 Å². The molecule has 0 spiro atoms. The van der Waals surface area contributed by atoms with Gasteiger partial charge in [0.15, 0.2) is 0 Å². The summed E-state index contributed by atoms with van der Waals surface area (Å²) in [5.74, 6) is -0.781. The minimum absolute atomic E-state index is 0.0666. The molecule has 2 N–H and O–H groups in total. The lowest BCUT2D eigenvalue weighted by molar-refractivity contribution is -0.135. The first-order valence-electron chi connectivity index (χ1n) is 5.90. The van der Waals surface area contributed by atoms with Crippen LogP contribution in [0.5, 0.6) is 0 Å². The smallest absolute Gasteiger partial charge is 0.323 e. The van der Waals surface area contributed by atoms with Crippen molar-refractivity contribution in [2.45, 2.75) is 20.3 Å². The summed E-state index contributed by atoms with van der Waals surface area (Å²) in [6, 6.07) is 4.18. The van der Waals surface area contributed by atoms with Crippen LogP contribution >= 0.6 is 0 Å². The van der Waals surface area contributed by atoms with Crippen LogP contribution in [0.1, 0.15) is 17.5 Å². The fourth-order valence-corrected chi connectivity index (χ4v) is 2.15. The highest BCUT2D eigenvalue weighted by Crippen LogP contribution is 2.31. The van der Waals surface area contributed by atoms with Gasteiger partial charge in [0.1, 0.15) is 6.54 Å². The van der Waals surface area contributed by atoms with E-state index in [4.69, 9.17) is 5.11 Å². The summed E-state index contributed by atoms with van der Waals surface area (Å²) in [7, 11) is 0. The Balaban J connectivity index is 2.40. The van der Waals surface area contributed by atoms with Gasteiger partial charge in [-0.15, -0.1) is 0 Å². The van der Waals surface area contributed by atoms with E-state index in [1.807, 2.05) is 4.90 Å². The molecule has 0 amide bonds. The summed E-state index contributed by atoms with van der Waals surface area (Å²) in [4.78, 5) is 12.8. The molecular formula is C13H18N2O2. The Hall–Kier alpha value is -1.71. The highest BCUT2D eigenvalue weighted by Gasteiger charge is 2.17. The van der Waals surface area contributed by atoms with E-state index in [2.05, 4.69) is 31.3 Å². The fourth-order valence-electron chi connectivity index (χ4n) is 2.15. The van der Waals surface area contributed by atoms with Gasteiger partial charge < -0.3 is 15.3 Å². The minimum Gasteiger partial charge on any atom is -0.480 e. The first-order chi connectivity index (χ1) is 8.08. The Morgan fingerprint density at radius 2 is 2.12 bits per heavy atom. The molecule has 1 aliphatic heterocycles. The van der Waals surface area contributed by atoms with Crippen LogP contribution in [0.3, 0.4) is 0 Å². The van der Waals surface area contributed by atoms with E-state index in [0.29, 0.717) is 0 Å². The van der Waals surface area contributed by atoms with Crippen LogP contribution in [0.2, 0.25) is 0 Å². The molecule has 2 rings (SSSR count). The third-order valence-corrected chi connectivity index (χ3v) is 3.20. The molecule has 0 saturated carbocycles. The third-order valence-electron chi connectivity index (χ3n) is 3.20. The van der Waals surface area contributed by atoms with Gasteiger partial charge in [0, 0.05) is 13.1 Å². The molecule has 0 aromatic heterocycles. The van der Waals surface area contributed by atoms with E-state index >= 15 is 0 Å². The lowest BCUT2D eigenvalue weighted by atomic mass is 10.1. The van der Waals surface area contributed by atoms with Gasteiger partial charge in [-0.3, -0.25) is 4.79 Å². The molecule has 4 heteroatoms. The number of aryl methyl sites for hydroxylation is 2. The lowest BCUT2D eigenvalue weighted by Gasteiger charge is -2.23. The number of hydrogen-bond donors (Lipinski definition) is 2. The Kier molecular flexibility index (Phi) is 3.22. The number of carboxylic acid groups (broad SMARTS) is 1. The van der Waals surface area contributed by atoms with E-state index in [9.17, 15) is 4.79 Å². The van der Waals surface area contributed by atoms with Crippen molar-refractivity contribution in [2.24, 2.45) is 0 Å². The Labute approximate surface area is 101 Å². The average molecular weight is 234 g/mol. The van der Waals surface area contributed by atoms with Crippen molar-refractivity contribution in [3.05, 3.63) is 23.3 Å². The predicted molar refractivity (Wildman–Crippen MR) is 68.9 cm³/mol. The zero-order chi connectivity index (χ0) is 12.4. The van der Waals surface area contributed by atoms with E-state index in [1.54, 1.807) is 0 Å².